The summed E-state index contributed by atoms with van der Waals surface area (Å²) in [6.45, 7) is 5.50. The molecule has 0 amide bonds. The Morgan fingerprint density at radius 3 is 2.67 bits per heavy atom. The molecule has 0 fully saturated rings. The Balaban J connectivity index is 2.71. The molecule has 0 saturated carbocycles. The molecule has 1 unspecified atom stereocenters. The van der Waals surface area contributed by atoms with Gasteiger partial charge in [0.05, 0.1) is 13.3 Å². The third-order valence-electron chi connectivity index (χ3n) is 2.32. The van der Waals surface area contributed by atoms with E-state index in [4.69, 9.17) is 16.3 Å². The summed E-state index contributed by atoms with van der Waals surface area (Å²) in [5, 5.41) is 9.90. The molecule has 0 bridgehead atoms. The van der Waals surface area contributed by atoms with E-state index in [0.717, 1.165) is 13.1 Å². The van der Waals surface area contributed by atoms with Crippen molar-refractivity contribution >= 4 is 17.3 Å². The van der Waals surface area contributed by atoms with Crippen molar-refractivity contribution in [1.82, 2.24) is 20.6 Å². The van der Waals surface area contributed by atoms with Crippen LogP contribution < -0.4 is 20.7 Å². The van der Waals surface area contributed by atoms with Crippen LogP contribution in [0.1, 0.15) is 12.7 Å². The van der Waals surface area contributed by atoms with Gasteiger partial charge in [0.2, 0.25) is 5.88 Å². The first-order chi connectivity index (χ1) is 8.58. The number of rotatable bonds is 7. The number of hydrogen-bond acceptors (Lipinski definition) is 6. The van der Waals surface area contributed by atoms with Crippen molar-refractivity contribution in [3.63, 3.8) is 0 Å². The van der Waals surface area contributed by atoms with Gasteiger partial charge >= 0.3 is 0 Å². The molecule has 1 atom stereocenters. The van der Waals surface area contributed by atoms with E-state index in [1.165, 1.54) is 0 Å². The number of likely N-dealkylation sites (N-methyl/N-ethyl adjacent to an activating group) is 1. The van der Waals surface area contributed by atoms with Gasteiger partial charge < -0.3 is 15.4 Å². The SMILES string of the molecule is CNCCNC(C)Nc1c(Cl)nc(C)nc1OC. The lowest BCUT2D eigenvalue weighted by molar-refractivity contribution is 0.396. The van der Waals surface area contributed by atoms with Gasteiger partial charge in [-0.25, -0.2) is 4.98 Å². The van der Waals surface area contributed by atoms with Crippen LogP contribution in [0.4, 0.5) is 5.69 Å². The number of hydrogen-bond donors (Lipinski definition) is 3. The molecule has 1 aromatic heterocycles. The normalized spacial score (nSPS) is 12.3. The number of aryl methyl sites for hydroxylation is 1. The van der Waals surface area contributed by atoms with Crippen LogP contribution in [-0.2, 0) is 0 Å². The number of halogens is 1. The van der Waals surface area contributed by atoms with E-state index >= 15 is 0 Å². The number of nitrogens with zero attached hydrogens (tertiary/aromatic N) is 2. The van der Waals surface area contributed by atoms with Crippen molar-refractivity contribution in [2.45, 2.75) is 20.0 Å². The number of methoxy groups -OCH3 is 1. The minimum absolute atomic E-state index is 0.0380. The monoisotopic (exact) mass is 273 g/mol. The number of aromatic nitrogens is 2. The standard InChI is InChI=1S/C11H20ClN5O/c1-7(14-6-5-13-3)15-9-10(12)16-8(2)17-11(9)18-4/h7,13-15H,5-6H2,1-4H3. The molecular weight excluding hydrogens is 254 g/mol. The molecule has 0 aliphatic rings. The van der Waals surface area contributed by atoms with Crippen LogP contribution in [0.3, 0.4) is 0 Å². The maximum absolute atomic E-state index is 6.09. The summed E-state index contributed by atoms with van der Waals surface area (Å²) < 4.78 is 5.20. The summed E-state index contributed by atoms with van der Waals surface area (Å²) in [5.74, 6) is 1.04. The highest BCUT2D eigenvalue weighted by molar-refractivity contribution is 6.32. The molecule has 1 heterocycles. The molecule has 0 aliphatic carbocycles. The maximum Gasteiger partial charge on any atom is 0.242 e. The highest BCUT2D eigenvalue weighted by Gasteiger charge is 2.14. The molecule has 0 aromatic carbocycles. The van der Waals surface area contributed by atoms with Crippen LogP contribution in [0.25, 0.3) is 0 Å². The van der Waals surface area contributed by atoms with E-state index in [0.29, 0.717) is 22.5 Å². The van der Waals surface area contributed by atoms with Crippen LogP contribution in [0.5, 0.6) is 5.88 Å². The van der Waals surface area contributed by atoms with Crippen LogP contribution in [-0.4, -0.2) is 43.4 Å². The van der Waals surface area contributed by atoms with Crippen molar-refractivity contribution in [3.05, 3.63) is 11.0 Å². The van der Waals surface area contributed by atoms with Crippen molar-refractivity contribution < 1.29 is 4.74 Å². The van der Waals surface area contributed by atoms with Crippen molar-refractivity contribution in [2.75, 3.05) is 32.6 Å². The van der Waals surface area contributed by atoms with Gasteiger partial charge in [0.15, 0.2) is 5.15 Å². The molecule has 7 heteroatoms. The number of ether oxygens (including phenoxy) is 1. The molecular formula is C11H20ClN5O. The van der Waals surface area contributed by atoms with E-state index in [1.54, 1.807) is 14.0 Å². The maximum atomic E-state index is 6.09. The Labute approximate surface area is 112 Å². The third-order valence-corrected chi connectivity index (χ3v) is 2.60. The summed E-state index contributed by atoms with van der Waals surface area (Å²) in [5.41, 5.74) is 0.606. The molecule has 6 nitrogen and oxygen atoms in total. The molecule has 3 N–H and O–H groups in total. The Bertz CT molecular complexity index is 388. The average Bonchev–Trinajstić information content (AvgIpc) is 2.32. The van der Waals surface area contributed by atoms with Crippen LogP contribution in [0.15, 0.2) is 0 Å². The zero-order chi connectivity index (χ0) is 13.5. The second-order valence-electron chi connectivity index (χ2n) is 3.87. The zero-order valence-corrected chi connectivity index (χ0v) is 11.9. The zero-order valence-electron chi connectivity index (χ0n) is 11.2. The second kappa shape index (κ2) is 7.35. The van der Waals surface area contributed by atoms with Crippen LogP contribution in [0.2, 0.25) is 5.15 Å². The molecule has 0 saturated heterocycles. The molecule has 0 spiro atoms. The first-order valence-electron chi connectivity index (χ1n) is 5.81. The van der Waals surface area contributed by atoms with Gasteiger partial charge in [-0.15, -0.1) is 0 Å². The first kappa shape index (κ1) is 14.9. The first-order valence-corrected chi connectivity index (χ1v) is 6.19. The lowest BCUT2D eigenvalue weighted by atomic mass is 10.4. The lowest BCUT2D eigenvalue weighted by Gasteiger charge is -2.19. The fraction of sp³-hybridized carbons (Fsp3) is 0.636. The molecule has 1 aromatic rings. The molecule has 102 valence electrons. The predicted octanol–water partition coefficient (Wildman–Crippen LogP) is 1.01. The van der Waals surface area contributed by atoms with Crippen LogP contribution >= 0.6 is 11.6 Å². The van der Waals surface area contributed by atoms with Crippen LogP contribution in [0, 0.1) is 6.92 Å². The summed E-state index contributed by atoms with van der Waals surface area (Å²) in [7, 11) is 3.47. The molecule has 18 heavy (non-hydrogen) atoms. The van der Waals surface area contributed by atoms with Gasteiger partial charge in [0, 0.05) is 13.1 Å². The van der Waals surface area contributed by atoms with Crippen molar-refractivity contribution in [1.29, 1.82) is 0 Å². The second-order valence-corrected chi connectivity index (χ2v) is 4.23. The molecule has 1 rings (SSSR count). The molecule has 0 radical (unpaired) electrons. The van der Waals surface area contributed by atoms with Gasteiger partial charge in [0.1, 0.15) is 11.5 Å². The Kier molecular flexibility index (Phi) is 6.11. The van der Waals surface area contributed by atoms with Crippen molar-refractivity contribution in [3.8, 4) is 5.88 Å². The summed E-state index contributed by atoms with van der Waals surface area (Å²) >= 11 is 6.09. The van der Waals surface area contributed by atoms with E-state index in [1.807, 2.05) is 14.0 Å². The van der Waals surface area contributed by atoms with E-state index < -0.39 is 0 Å². The topological polar surface area (TPSA) is 71.1 Å². The smallest absolute Gasteiger partial charge is 0.242 e. The fourth-order valence-electron chi connectivity index (χ4n) is 1.46. The Morgan fingerprint density at radius 1 is 1.33 bits per heavy atom. The van der Waals surface area contributed by atoms with E-state index in [2.05, 4.69) is 25.9 Å². The number of nitrogens with one attached hydrogen (secondary N) is 3. The minimum Gasteiger partial charge on any atom is -0.479 e. The third kappa shape index (κ3) is 4.29. The van der Waals surface area contributed by atoms with Gasteiger partial charge in [-0.3, -0.25) is 5.32 Å². The predicted molar refractivity (Wildman–Crippen MR) is 73.3 cm³/mol. The summed E-state index contributed by atoms with van der Waals surface area (Å²) in [6.07, 6.45) is 0.0380. The van der Waals surface area contributed by atoms with Gasteiger partial charge in [0.25, 0.3) is 0 Å². The summed E-state index contributed by atoms with van der Waals surface area (Å²) in [4.78, 5) is 8.28. The Hall–Kier alpha value is -1.11. The van der Waals surface area contributed by atoms with E-state index in [-0.39, 0.29) is 6.17 Å². The minimum atomic E-state index is 0.0380. The summed E-state index contributed by atoms with van der Waals surface area (Å²) in [6, 6.07) is 0. The highest BCUT2D eigenvalue weighted by atomic mass is 35.5. The molecule has 0 aliphatic heterocycles. The quantitative estimate of drug-likeness (QED) is 0.391. The average molecular weight is 274 g/mol. The van der Waals surface area contributed by atoms with E-state index in [9.17, 15) is 0 Å². The number of anilines is 1. The van der Waals surface area contributed by atoms with Gasteiger partial charge in [-0.2, -0.15) is 4.98 Å². The Morgan fingerprint density at radius 2 is 2.06 bits per heavy atom. The van der Waals surface area contributed by atoms with Gasteiger partial charge in [-0.1, -0.05) is 11.6 Å². The fourth-order valence-corrected chi connectivity index (χ4v) is 1.72. The van der Waals surface area contributed by atoms with Crippen molar-refractivity contribution in [2.24, 2.45) is 0 Å². The largest absolute Gasteiger partial charge is 0.479 e. The van der Waals surface area contributed by atoms with Gasteiger partial charge in [-0.05, 0) is 20.9 Å². The lowest BCUT2D eigenvalue weighted by Crippen LogP contribution is -2.37. The highest BCUT2D eigenvalue weighted by Crippen LogP contribution is 2.29.